The summed E-state index contributed by atoms with van der Waals surface area (Å²) in [5, 5.41) is 1.17. The van der Waals surface area contributed by atoms with Crippen LogP contribution >= 0.6 is 23.5 Å². The van der Waals surface area contributed by atoms with E-state index in [9.17, 15) is 0 Å². The van der Waals surface area contributed by atoms with Crippen molar-refractivity contribution in [1.82, 2.24) is 4.98 Å². The summed E-state index contributed by atoms with van der Waals surface area (Å²) < 4.78 is 0. The zero-order chi connectivity index (χ0) is 13.5. The number of rotatable bonds is 4. The fourth-order valence-corrected chi connectivity index (χ4v) is 3.49. The first-order valence-corrected chi connectivity index (χ1v) is 7.80. The number of nitrogens with zero attached hydrogens (tertiary/aromatic N) is 1. The average Bonchev–Trinajstić information content (AvgIpc) is 2.46. The Kier molecular flexibility index (Phi) is 5.21. The molecule has 0 spiro atoms. The van der Waals surface area contributed by atoms with Crippen LogP contribution in [0.15, 0.2) is 40.3 Å². The number of thioether (sulfide) groups is 2. The molecule has 0 aliphatic heterocycles. The normalized spacial score (nSPS) is 9.68. The van der Waals surface area contributed by atoms with E-state index >= 15 is 0 Å². The lowest BCUT2D eigenvalue weighted by atomic mass is 10.2. The fraction of sp³-hybridized carbons (Fsp3) is 0.188. The number of terminal acetylenes is 1. The molecule has 1 aromatic heterocycles. The molecule has 2 rings (SSSR count). The van der Waals surface area contributed by atoms with Crippen LogP contribution in [0.5, 0.6) is 0 Å². The molecule has 19 heavy (non-hydrogen) atoms. The minimum atomic E-state index is 0.660. The molecule has 0 bridgehead atoms. The fourth-order valence-electron chi connectivity index (χ4n) is 1.65. The van der Waals surface area contributed by atoms with Crippen molar-refractivity contribution in [3.05, 3.63) is 30.5 Å². The predicted molar refractivity (Wildman–Crippen MR) is 85.5 cm³/mol. The first-order chi connectivity index (χ1) is 9.36. The molecule has 0 atom stereocenters. The summed E-state index contributed by atoms with van der Waals surface area (Å²) in [6.07, 6.45) is 7.25. The van der Waals surface area contributed by atoms with E-state index in [-0.39, 0.29) is 0 Å². The number of hydrogen-bond donors (Lipinski definition) is 0. The predicted octanol–water partition coefficient (Wildman–Crippen LogP) is 4.08. The molecule has 2 aromatic rings. The molecule has 94 valence electrons. The highest BCUT2D eigenvalue weighted by atomic mass is 32.2. The van der Waals surface area contributed by atoms with Gasteiger partial charge in [-0.15, -0.1) is 35.9 Å². The lowest BCUT2D eigenvalue weighted by Gasteiger charge is -2.09. The van der Waals surface area contributed by atoms with E-state index in [0.29, 0.717) is 5.75 Å². The molecule has 0 aliphatic rings. The van der Waals surface area contributed by atoms with Gasteiger partial charge in [0.05, 0.1) is 17.0 Å². The van der Waals surface area contributed by atoms with Crippen LogP contribution in [0.2, 0.25) is 0 Å². The van der Waals surface area contributed by atoms with Crippen LogP contribution in [-0.4, -0.2) is 16.5 Å². The molecule has 1 aromatic carbocycles. The molecule has 3 heteroatoms. The lowest BCUT2D eigenvalue weighted by Crippen LogP contribution is -1.88. The second-order valence-corrected chi connectivity index (χ2v) is 5.68. The second kappa shape index (κ2) is 7.14. The first-order valence-electron chi connectivity index (χ1n) is 5.83. The van der Waals surface area contributed by atoms with Crippen LogP contribution in [0.1, 0.15) is 6.92 Å². The molecule has 1 nitrogen and oxygen atoms in total. The smallest absolute Gasteiger partial charge is 0.0714 e. The topological polar surface area (TPSA) is 12.9 Å². The van der Waals surface area contributed by atoms with Gasteiger partial charge in [-0.1, -0.05) is 30.0 Å². The number of pyridine rings is 1. The van der Waals surface area contributed by atoms with Gasteiger partial charge < -0.3 is 0 Å². The van der Waals surface area contributed by atoms with Gasteiger partial charge in [-0.2, -0.15) is 0 Å². The maximum absolute atomic E-state index is 5.34. The standard InChI is InChI=1S/C16H13NS2/c1-3-5-11-19-16-13-8-6-7-9-14(13)17-12-15(16)18-10-4-2/h2,6-9,12H,10-11H2,1H3. The Hall–Kier alpha value is -1.55. The summed E-state index contributed by atoms with van der Waals surface area (Å²) in [6.45, 7) is 1.86. The van der Waals surface area contributed by atoms with Gasteiger partial charge >= 0.3 is 0 Å². The highest BCUT2D eigenvalue weighted by molar-refractivity contribution is 8.02. The number of para-hydroxylation sites is 1. The van der Waals surface area contributed by atoms with Crippen LogP contribution in [0.3, 0.4) is 0 Å². The third kappa shape index (κ3) is 3.47. The molecule has 0 fully saturated rings. The molecule has 0 aliphatic carbocycles. The molecule has 0 radical (unpaired) electrons. The van der Waals surface area contributed by atoms with Gasteiger partial charge in [0, 0.05) is 21.4 Å². The van der Waals surface area contributed by atoms with Crippen molar-refractivity contribution in [2.45, 2.75) is 16.7 Å². The van der Waals surface area contributed by atoms with Crippen molar-refractivity contribution < 1.29 is 0 Å². The number of fused-ring (bicyclic) bond motifs is 1. The Balaban J connectivity index is 2.44. The van der Waals surface area contributed by atoms with Gasteiger partial charge in [0.2, 0.25) is 0 Å². The van der Waals surface area contributed by atoms with Crippen molar-refractivity contribution in [3.63, 3.8) is 0 Å². The zero-order valence-corrected chi connectivity index (χ0v) is 12.3. The first kappa shape index (κ1) is 13.9. The van der Waals surface area contributed by atoms with Gasteiger partial charge in [-0.25, -0.2) is 0 Å². The van der Waals surface area contributed by atoms with E-state index in [2.05, 4.69) is 28.8 Å². The maximum atomic E-state index is 5.34. The second-order valence-electron chi connectivity index (χ2n) is 3.68. The molecular formula is C16H13NS2. The quantitative estimate of drug-likeness (QED) is 0.620. The number of benzene rings is 1. The highest BCUT2D eigenvalue weighted by Gasteiger charge is 2.09. The lowest BCUT2D eigenvalue weighted by molar-refractivity contribution is 1.20. The van der Waals surface area contributed by atoms with E-state index in [1.165, 1.54) is 10.3 Å². The minimum absolute atomic E-state index is 0.660. The summed E-state index contributed by atoms with van der Waals surface area (Å²) in [4.78, 5) is 6.85. The van der Waals surface area contributed by atoms with E-state index in [1.807, 2.05) is 31.3 Å². The molecule has 1 heterocycles. The van der Waals surface area contributed by atoms with Crippen LogP contribution < -0.4 is 0 Å². The minimum Gasteiger partial charge on any atom is -0.255 e. The number of hydrogen-bond acceptors (Lipinski definition) is 3. The summed E-state index contributed by atoms with van der Waals surface area (Å²) in [5.41, 5.74) is 1.01. The van der Waals surface area contributed by atoms with Crippen molar-refractivity contribution in [2.75, 3.05) is 11.5 Å². The van der Waals surface area contributed by atoms with E-state index in [0.717, 1.165) is 16.2 Å². The van der Waals surface area contributed by atoms with Gasteiger partial charge in [-0.3, -0.25) is 4.98 Å². The third-order valence-corrected chi connectivity index (χ3v) is 4.55. The highest BCUT2D eigenvalue weighted by Crippen LogP contribution is 2.35. The molecule has 0 unspecified atom stereocenters. The van der Waals surface area contributed by atoms with Gasteiger partial charge in [0.15, 0.2) is 0 Å². The van der Waals surface area contributed by atoms with Crippen LogP contribution in [0, 0.1) is 24.2 Å². The molecular weight excluding hydrogens is 270 g/mol. The van der Waals surface area contributed by atoms with Gasteiger partial charge in [0.1, 0.15) is 0 Å². The van der Waals surface area contributed by atoms with Crippen LogP contribution in [-0.2, 0) is 0 Å². The van der Waals surface area contributed by atoms with Gasteiger partial charge in [-0.05, 0) is 13.0 Å². The third-order valence-electron chi connectivity index (χ3n) is 2.47. The van der Waals surface area contributed by atoms with E-state index in [4.69, 9.17) is 6.42 Å². The Bertz CT molecular complexity index is 674. The van der Waals surface area contributed by atoms with Crippen molar-refractivity contribution in [3.8, 4) is 24.2 Å². The molecule has 0 amide bonds. The Morgan fingerprint density at radius 1 is 1.21 bits per heavy atom. The number of aromatic nitrogens is 1. The molecule has 0 saturated carbocycles. The summed E-state index contributed by atoms with van der Waals surface area (Å²) >= 11 is 3.40. The monoisotopic (exact) mass is 283 g/mol. The van der Waals surface area contributed by atoms with Crippen LogP contribution in [0.4, 0.5) is 0 Å². The molecule has 0 N–H and O–H groups in total. The van der Waals surface area contributed by atoms with Crippen molar-refractivity contribution in [2.24, 2.45) is 0 Å². The average molecular weight is 283 g/mol. The van der Waals surface area contributed by atoms with Crippen molar-refractivity contribution in [1.29, 1.82) is 0 Å². The summed E-state index contributed by atoms with van der Waals surface area (Å²) in [7, 11) is 0. The van der Waals surface area contributed by atoms with E-state index < -0.39 is 0 Å². The zero-order valence-electron chi connectivity index (χ0n) is 10.6. The Morgan fingerprint density at radius 2 is 2.05 bits per heavy atom. The maximum Gasteiger partial charge on any atom is 0.0714 e. The van der Waals surface area contributed by atoms with Crippen LogP contribution in [0.25, 0.3) is 10.9 Å². The van der Waals surface area contributed by atoms with Gasteiger partial charge in [0.25, 0.3) is 0 Å². The summed E-state index contributed by atoms with van der Waals surface area (Å²) in [6, 6.07) is 8.17. The Labute approximate surface area is 122 Å². The SMILES string of the molecule is C#CCSc1cnc2ccccc2c1SCC#CC. The largest absolute Gasteiger partial charge is 0.255 e. The molecule has 0 saturated heterocycles. The Morgan fingerprint density at radius 3 is 2.84 bits per heavy atom. The van der Waals surface area contributed by atoms with E-state index in [1.54, 1.807) is 23.5 Å². The summed E-state index contributed by atoms with van der Waals surface area (Å²) in [5.74, 6) is 10.1. The van der Waals surface area contributed by atoms with Crippen molar-refractivity contribution >= 4 is 34.4 Å².